The lowest BCUT2D eigenvalue weighted by Gasteiger charge is -2.34. The molecular formula is C14H23N3O2S. The number of carbonyl (C=O) groups excluding carboxylic acids is 1. The number of ether oxygens (including phenoxy) is 1. The van der Waals surface area contributed by atoms with Crippen LogP contribution in [0.4, 0.5) is 5.13 Å². The van der Waals surface area contributed by atoms with Crippen LogP contribution in [0.3, 0.4) is 0 Å². The van der Waals surface area contributed by atoms with Gasteiger partial charge in [-0.05, 0) is 26.7 Å². The zero-order chi connectivity index (χ0) is 14.6. The van der Waals surface area contributed by atoms with Crippen molar-refractivity contribution in [2.45, 2.75) is 45.7 Å². The van der Waals surface area contributed by atoms with Gasteiger partial charge in [0.15, 0.2) is 5.13 Å². The van der Waals surface area contributed by atoms with E-state index in [9.17, 15) is 4.79 Å². The lowest BCUT2D eigenvalue weighted by atomic mass is 9.95. The van der Waals surface area contributed by atoms with Crippen molar-refractivity contribution >= 4 is 22.4 Å². The summed E-state index contributed by atoms with van der Waals surface area (Å²) >= 11 is 1.52. The van der Waals surface area contributed by atoms with Crippen LogP contribution in [0.5, 0.6) is 0 Å². The molecule has 112 valence electrons. The number of thiazole rings is 1. The summed E-state index contributed by atoms with van der Waals surface area (Å²) in [5, 5.41) is 6.32. The Morgan fingerprint density at radius 1 is 1.65 bits per heavy atom. The maximum absolute atomic E-state index is 11.5. The third-order valence-corrected chi connectivity index (χ3v) is 4.51. The van der Waals surface area contributed by atoms with Gasteiger partial charge < -0.3 is 10.1 Å². The van der Waals surface area contributed by atoms with E-state index in [4.69, 9.17) is 4.74 Å². The summed E-state index contributed by atoms with van der Waals surface area (Å²) in [6, 6.07) is 0. The highest BCUT2D eigenvalue weighted by atomic mass is 32.1. The molecule has 1 aliphatic heterocycles. The highest BCUT2D eigenvalue weighted by Crippen LogP contribution is 2.22. The Balaban J connectivity index is 1.94. The molecule has 0 bridgehead atoms. The number of amides is 1. The number of hydrogen-bond acceptors (Lipinski definition) is 5. The normalized spacial score (nSPS) is 22.8. The monoisotopic (exact) mass is 297 g/mol. The first kappa shape index (κ1) is 15.4. The first-order valence-electron chi connectivity index (χ1n) is 7.09. The molecule has 0 radical (unpaired) electrons. The van der Waals surface area contributed by atoms with Gasteiger partial charge in [0, 0.05) is 37.5 Å². The van der Waals surface area contributed by atoms with Crippen molar-refractivity contribution in [1.29, 1.82) is 0 Å². The van der Waals surface area contributed by atoms with Gasteiger partial charge in [0.05, 0.1) is 12.3 Å². The van der Waals surface area contributed by atoms with E-state index in [1.54, 1.807) is 11.8 Å². The van der Waals surface area contributed by atoms with Crippen LogP contribution in [0.25, 0.3) is 0 Å². The molecule has 1 fully saturated rings. The first-order chi connectivity index (χ1) is 9.54. The largest absolute Gasteiger partial charge is 0.380 e. The van der Waals surface area contributed by atoms with E-state index in [2.05, 4.69) is 17.2 Å². The lowest BCUT2D eigenvalue weighted by Crippen LogP contribution is -2.48. The molecule has 2 rings (SSSR count). The molecule has 1 aromatic rings. The molecule has 1 aliphatic rings. The number of nitrogens with one attached hydrogen (secondary N) is 1. The summed E-state index contributed by atoms with van der Waals surface area (Å²) in [4.78, 5) is 17.7. The fourth-order valence-corrected chi connectivity index (χ4v) is 3.30. The van der Waals surface area contributed by atoms with Gasteiger partial charge in [-0.15, -0.1) is 11.3 Å². The van der Waals surface area contributed by atoms with E-state index in [0.29, 0.717) is 13.1 Å². The predicted octanol–water partition coefficient (Wildman–Crippen LogP) is 2.17. The average Bonchev–Trinajstić information content (AvgIpc) is 2.86. The van der Waals surface area contributed by atoms with Crippen LogP contribution in [0, 0.1) is 0 Å². The van der Waals surface area contributed by atoms with Gasteiger partial charge in [0.1, 0.15) is 0 Å². The number of nitrogens with zero attached hydrogens (tertiary/aromatic N) is 2. The van der Waals surface area contributed by atoms with E-state index in [0.717, 1.165) is 36.9 Å². The molecule has 0 saturated carbocycles. The first-order valence-corrected chi connectivity index (χ1v) is 7.97. The van der Waals surface area contributed by atoms with Crippen LogP contribution in [-0.4, -0.2) is 36.2 Å². The topological polar surface area (TPSA) is 54.5 Å². The quantitative estimate of drug-likeness (QED) is 0.905. The highest BCUT2D eigenvalue weighted by molar-refractivity contribution is 7.14. The maximum Gasteiger partial charge on any atom is 0.225 e. The second-order valence-corrected chi connectivity index (χ2v) is 6.29. The van der Waals surface area contributed by atoms with Crippen molar-refractivity contribution in [3.05, 3.63) is 11.1 Å². The zero-order valence-electron chi connectivity index (χ0n) is 12.4. The molecule has 1 atom stereocenters. The van der Waals surface area contributed by atoms with Gasteiger partial charge in [0.2, 0.25) is 5.91 Å². The Hall–Kier alpha value is -0.980. The van der Waals surface area contributed by atoms with E-state index in [1.807, 2.05) is 12.3 Å². The Labute approximate surface area is 124 Å². The van der Waals surface area contributed by atoms with Crippen LogP contribution in [0.1, 0.15) is 39.3 Å². The Bertz CT molecular complexity index is 455. The summed E-state index contributed by atoms with van der Waals surface area (Å²) in [6.07, 6.45) is 2.22. The van der Waals surface area contributed by atoms with E-state index < -0.39 is 0 Å². The molecule has 0 spiro atoms. The van der Waals surface area contributed by atoms with Crippen molar-refractivity contribution in [1.82, 2.24) is 10.3 Å². The molecule has 2 heterocycles. The SMILES string of the molecule is CCN(C(C)=O)c1nc(CNC2(C)CCCOC2)cs1. The number of hydrogen-bond donors (Lipinski definition) is 1. The highest BCUT2D eigenvalue weighted by Gasteiger charge is 2.27. The Morgan fingerprint density at radius 2 is 2.45 bits per heavy atom. The third-order valence-electron chi connectivity index (χ3n) is 3.60. The van der Waals surface area contributed by atoms with Crippen molar-refractivity contribution < 1.29 is 9.53 Å². The van der Waals surface area contributed by atoms with Gasteiger partial charge >= 0.3 is 0 Å². The number of aromatic nitrogens is 1. The second kappa shape index (κ2) is 6.65. The average molecular weight is 297 g/mol. The van der Waals surface area contributed by atoms with Gasteiger partial charge in [0.25, 0.3) is 0 Å². The molecule has 6 heteroatoms. The van der Waals surface area contributed by atoms with Gasteiger partial charge in [-0.2, -0.15) is 0 Å². The van der Waals surface area contributed by atoms with Crippen LogP contribution in [0.15, 0.2) is 5.38 Å². The molecule has 1 saturated heterocycles. The Kier molecular flexibility index (Phi) is 5.12. The number of anilines is 1. The minimum atomic E-state index is 0.0348. The van der Waals surface area contributed by atoms with Gasteiger partial charge in [-0.1, -0.05) is 0 Å². The van der Waals surface area contributed by atoms with Crippen LogP contribution in [-0.2, 0) is 16.1 Å². The predicted molar refractivity (Wildman–Crippen MR) is 81.1 cm³/mol. The smallest absolute Gasteiger partial charge is 0.225 e. The van der Waals surface area contributed by atoms with Crippen molar-refractivity contribution in [2.24, 2.45) is 0 Å². The third kappa shape index (κ3) is 3.77. The Morgan fingerprint density at radius 3 is 3.05 bits per heavy atom. The van der Waals surface area contributed by atoms with Crippen LogP contribution >= 0.6 is 11.3 Å². The summed E-state index contributed by atoms with van der Waals surface area (Å²) < 4.78 is 5.53. The van der Waals surface area contributed by atoms with Crippen molar-refractivity contribution in [3.63, 3.8) is 0 Å². The summed E-state index contributed by atoms with van der Waals surface area (Å²) in [7, 11) is 0. The molecule has 1 aromatic heterocycles. The van der Waals surface area contributed by atoms with Crippen LogP contribution in [0.2, 0.25) is 0 Å². The number of rotatable bonds is 5. The molecule has 1 N–H and O–H groups in total. The molecule has 1 unspecified atom stereocenters. The van der Waals surface area contributed by atoms with Gasteiger partial charge in [-0.25, -0.2) is 4.98 Å². The van der Waals surface area contributed by atoms with Gasteiger partial charge in [-0.3, -0.25) is 9.69 Å². The van der Waals surface area contributed by atoms with Crippen LogP contribution < -0.4 is 10.2 Å². The zero-order valence-corrected chi connectivity index (χ0v) is 13.3. The molecule has 20 heavy (non-hydrogen) atoms. The van der Waals surface area contributed by atoms with E-state index in [1.165, 1.54) is 11.3 Å². The van der Waals surface area contributed by atoms with E-state index in [-0.39, 0.29) is 11.4 Å². The van der Waals surface area contributed by atoms with Crippen molar-refractivity contribution in [2.75, 3.05) is 24.7 Å². The standard InChI is InChI=1S/C14H23N3O2S/c1-4-17(11(2)18)13-16-12(9-20-13)8-15-14(3)6-5-7-19-10-14/h9,15H,4-8,10H2,1-3H3. The second-order valence-electron chi connectivity index (χ2n) is 5.46. The minimum absolute atomic E-state index is 0.0348. The van der Waals surface area contributed by atoms with Crippen molar-refractivity contribution in [3.8, 4) is 0 Å². The summed E-state index contributed by atoms with van der Waals surface area (Å²) in [5.41, 5.74) is 1.02. The van der Waals surface area contributed by atoms with E-state index >= 15 is 0 Å². The lowest BCUT2D eigenvalue weighted by molar-refractivity contribution is -0.116. The number of carbonyl (C=O) groups is 1. The molecule has 5 nitrogen and oxygen atoms in total. The minimum Gasteiger partial charge on any atom is -0.380 e. The fourth-order valence-electron chi connectivity index (χ4n) is 2.37. The molecular weight excluding hydrogens is 274 g/mol. The maximum atomic E-state index is 11.5. The summed E-state index contributed by atoms with van der Waals surface area (Å²) in [5.74, 6) is 0.0361. The fraction of sp³-hybridized carbons (Fsp3) is 0.714. The molecule has 1 amide bonds. The molecule has 0 aromatic carbocycles. The molecule has 0 aliphatic carbocycles. The summed E-state index contributed by atoms with van der Waals surface area (Å²) in [6.45, 7) is 8.70.